The van der Waals surface area contributed by atoms with Gasteiger partial charge in [-0.25, -0.2) is 0 Å². The number of aryl methyl sites for hydroxylation is 1. The van der Waals surface area contributed by atoms with E-state index in [4.69, 9.17) is 4.74 Å². The van der Waals surface area contributed by atoms with Gasteiger partial charge >= 0.3 is 0 Å². The van der Waals surface area contributed by atoms with E-state index < -0.39 is 17.7 Å². The number of rotatable bonds is 7. The zero-order valence-electron chi connectivity index (χ0n) is 17.1. The second-order valence-corrected chi connectivity index (χ2v) is 7.49. The average molecular weight is 393 g/mol. The molecule has 5 nitrogen and oxygen atoms in total. The fraction of sp³-hybridized carbons (Fsp3) is 0.333. The van der Waals surface area contributed by atoms with Crippen molar-refractivity contribution < 1.29 is 19.4 Å². The summed E-state index contributed by atoms with van der Waals surface area (Å²) in [6.07, 6.45) is 0.717. The lowest BCUT2D eigenvalue weighted by Gasteiger charge is -2.26. The van der Waals surface area contributed by atoms with Crippen LogP contribution in [0, 0.1) is 6.92 Å². The molecule has 1 atom stereocenters. The van der Waals surface area contributed by atoms with Crippen LogP contribution in [0.25, 0.3) is 5.76 Å². The topological polar surface area (TPSA) is 66.8 Å². The van der Waals surface area contributed by atoms with Crippen molar-refractivity contribution in [2.24, 2.45) is 0 Å². The molecule has 1 fully saturated rings. The molecule has 1 saturated heterocycles. The van der Waals surface area contributed by atoms with E-state index in [0.29, 0.717) is 25.1 Å². The summed E-state index contributed by atoms with van der Waals surface area (Å²) in [5.74, 6) is -1.37. The Hall–Kier alpha value is -2.92. The highest BCUT2D eigenvalue weighted by molar-refractivity contribution is 6.46. The summed E-state index contributed by atoms with van der Waals surface area (Å²) >= 11 is 0. The molecule has 0 saturated carbocycles. The lowest BCUT2D eigenvalue weighted by atomic mass is 9.92. The van der Waals surface area contributed by atoms with Gasteiger partial charge in [-0.2, -0.15) is 0 Å². The van der Waals surface area contributed by atoms with Gasteiger partial charge in [0.15, 0.2) is 0 Å². The van der Waals surface area contributed by atoms with Gasteiger partial charge in [-0.1, -0.05) is 54.6 Å². The van der Waals surface area contributed by atoms with Crippen LogP contribution in [0.2, 0.25) is 0 Å². The van der Waals surface area contributed by atoms with Crippen LogP contribution in [0.15, 0.2) is 60.2 Å². The molecule has 0 radical (unpaired) electrons. The van der Waals surface area contributed by atoms with Crippen molar-refractivity contribution in [1.82, 2.24) is 4.90 Å². The van der Waals surface area contributed by atoms with E-state index in [-0.39, 0.29) is 17.4 Å². The third kappa shape index (κ3) is 4.40. The number of hydrogen-bond donors (Lipinski definition) is 1. The van der Waals surface area contributed by atoms with E-state index in [0.717, 1.165) is 11.1 Å². The molecule has 152 valence electrons. The molecule has 2 aromatic rings. The van der Waals surface area contributed by atoms with E-state index in [1.54, 1.807) is 29.2 Å². The molecule has 0 aromatic heterocycles. The fourth-order valence-electron chi connectivity index (χ4n) is 3.63. The number of aliphatic hydroxyl groups excluding tert-OH is 1. The normalized spacial score (nSPS) is 18.6. The average Bonchev–Trinajstić information content (AvgIpc) is 2.96. The highest BCUT2D eigenvalue weighted by Crippen LogP contribution is 2.40. The first kappa shape index (κ1) is 20.8. The summed E-state index contributed by atoms with van der Waals surface area (Å²) in [4.78, 5) is 27.3. The summed E-state index contributed by atoms with van der Waals surface area (Å²) in [6, 6.07) is 15.9. The van der Waals surface area contributed by atoms with E-state index in [2.05, 4.69) is 0 Å². The van der Waals surface area contributed by atoms with Gasteiger partial charge < -0.3 is 14.7 Å². The van der Waals surface area contributed by atoms with Gasteiger partial charge in [0.25, 0.3) is 11.7 Å². The monoisotopic (exact) mass is 393 g/mol. The maximum absolute atomic E-state index is 12.9. The number of carbonyl (C=O) groups excluding carboxylic acids is 2. The fourth-order valence-corrected chi connectivity index (χ4v) is 3.63. The molecule has 5 heteroatoms. The molecule has 1 aliphatic rings. The Morgan fingerprint density at radius 1 is 1.07 bits per heavy atom. The number of Topliss-reactive ketones (excluding diaryl/α,β-unsaturated/α-hetero) is 1. The van der Waals surface area contributed by atoms with Crippen LogP contribution >= 0.6 is 0 Å². The first-order chi connectivity index (χ1) is 13.9. The van der Waals surface area contributed by atoms with Gasteiger partial charge in [0.2, 0.25) is 0 Å². The highest BCUT2D eigenvalue weighted by atomic mass is 16.5. The van der Waals surface area contributed by atoms with E-state index in [9.17, 15) is 14.7 Å². The molecule has 1 heterocycles. The van der Waals surface area contributed by atoms with Gasteiger partial charge in [-0.3, -0.25) is 9.59 Å². The predicted molar refractivity (Wildman–Crippen MR) is 112 cm³/mol. The van der Waals surface area contributed by atoms with Gasteiger partial charge in [0.05, 0.1) is 17.7 Å². The van der Waals surface area contributed by atoms with Crippen LogP contribution in [0.3, 0.4) is 0 Å². The lowest BCUT2D eigenvalue weighted by Crippen LogP contribution is -2.31. The zero-order chi connectivity index (χ0) is 21.0. The van der Waals surface area contributed by atoms with E-state index in [1.165, 1.54) is 0 Å². The van der Waals surface area contributed by atoms with Crippen molar-refractivity contribution >= 4 is 17.4 Å². The van der Waals surface area contributed by atoms with Crippen molar-refractivity contribution in [3.05, 3.63) is 76.9 Å². The smallest absolute Gasteiger partial charge is 0.295 e. The van der Waals surface area contributed by atoms with Gasteiger partial charge in [-0.15, -0.1) is 0 Å². The molecular formula is C24H27NO4. The summed E-state index contributed by atoms with van der Waals surface area (Å²) in [5.41, 5.74) is 2.46. The van der Waals surface area contributed by atoms with Crippen molar-refractivity contribution in [3.8, 4) is 0 Å². The maximum Gasteiger partial charge on any atom is 0.295 e. The number of aliphatic hydroxyl groups is 1. The van der Waals surface area contributed by atoms with Crippen LogP contribution < -0.4 is 0 Å². The Balaban J connectivity index is 2.04. The summed E-state index contributed by atoms with van der Waals surface area (Å²) in [5, 5.41) is 10.9. The molecule has 0 bridgehead atoms. The minimum Gasteiger partial charge on any atom is -0.507 e. The van der Waals surface area contributed by atoms with Crippen LogP contribution in [-0.2, 0) is 14.3 Å². The Kier molecular flexibility index (Phi) is 6.49. The number of likely N-dealkylation sites (tertiary alicyclic amines) is 1. The van der Waals surface area contributed by atoms with Crippen LogP contribution in [-0.4, -0.2) is 41.0 Å². The molecule has 2 aromatic carbocycles. The van der Waals surface area contributed by atoms with Crippen molar-refractivity contribution in [2.75, 3.05) is 13.2 Å². The molecule has 0 spiro atoms. The minimum absolute atomic E-state index is 0.107. The Labute approximate surface area is 171 Å². The van der Waals surface area contributed by atoms with Gasteiger partial charge in [0.1, 0.15) is 5.76 Å². The number of hydrogen-bond acceptors (Lipinski definition) is 4. The van der Waals surface area contributed by atoms with Crippen molar-refractivity contribution in [3.63, 3.8) is 0 Å². The predicted octanol–water partition coefficient (Wildman–Crippen LogP) is 4.23. The van der Waals surface area contributed by atoms with Crippen LogP contribution in [0.4, 0.5) is 0 Å². The largest absolute Gasteiger partial charge is 0.507 e. The maximum atomic E-state index is 12.9. The number of nitrogens with zero attached hydrogens (tertiary/aromatic N) is 1. The number of ether oxygens (including phenoxy) is 1. The Bertz CT molecular complexity index is 917. The number of benzene rings is 2. The molecule has 1 aliphatic heterocycles. The van der Waals surface area contributed by atoms with Gasteiger partial charge in [0, 0.05) is 18.7 Å². The number of amides is 1. The second kappa shape index (κ2) is 9.05. The molecule has 0 aliphatic carbocycles. The van der Waals surface area contributed by atoms with Gasteiger partial charge in [-0.05, 0) is 38.3 Å². The van der Waals surface area contributed by atoms with Crippen LogP contribution in [0.1, 0.15) is 43.0 Å². The molecular weight excluding hydrogens is 366 g/mol. The second-order valence-electron chi connectivity index (χ2n) is 7.49. The van der Waals surface area contributed by atoms with E-state index >= 15 is 0 Å². The standard InChI is InChI=1S/C24H27NO4/c1-16(2)29-15-9-14-25-21(19-13-8-7-10-17(19)3)20(23(27)24(25)28)22(26)18-11-5-4-6-12-18/h4-8,10-13,16,21,26H,9,14-15H2,1-3H3/b22-20-. The molecule has 3 rings (SSSR count). The van der Waals surface area contributed by atoms with Crippen molar-refractivity contribution in [2.45, 2.75) is 39.3 Å². The quantitative estimate of drug-likeness (QED) is 0.331. The minimum atomic E-state index is -0.649. The SMILES string of the molecule is Cc1ccccc1C1/C(=C(/O)c2ccccc2)C(=O)C(=O)N1CCCOC(C)C. The lowest BCUT2D eigenvalue weighted by molar-refractivity contribution is -0.140. The van der Waals surface area contributed by atoms with Crippen molar-refractivity contribution in [1.29, 1.82) is 0 Å². The van der Waals surface area contributed by atoms with Crippen LogP contribution in [0.5, 0.6) is 0 Å². The number of carbonyl (C=O) groups is 2. The third-order valence-corrected chi connectivity index (χ3v) is 5.06. The van der Waals surface area contributed by atoms with E-state index in [1.807, 2.05) is 51.1 Å². The zero-order valence-corrected chi connectivity index (χ0v) is 17.1. The summed E-state index contributed by atoms with van der Waals surface area (Å²) in [6.45, 7) is 6.74. The third-order valence-electron chi connectivity index (χ3n) is 5.06. The number of ketones is 1. The summed E-state index contributed by atoms with van der Waals surface area (Å²) < 4.78 is 5.59. The highest BCUT2D eigenvalue weighted by Gasteiger charge is 2.46. The molecule has 1 amide bonds. The molecule has 1 unspecified atom stereocenters. The Morgan fingerprint density at radius 2 is 1.72 bits per heavy atom. The summed E-state index contributed by atoms with van der Waals surface area (Å²) in [7, 11) is 0. The first-order valence-corrected chi connectivity index (χ1v) is 9.92. The molecule has 29 heavy (non-hydrogen) atoms. The molecule has 1 N–H and O–H groups in total. The Morgan fingerprint density at radius 3 is 2.38 bits per heavy atom. The first-order valence-electron chi connectivity index (χ1n) is 9.92.